The Bertz CT molecular complexity index is 413. The zero-order chi connectivity index (χ0) is 15.5. The van der Waals surface area contributed by atoms with Crippen molar-refractivity contribution in [3.8, 4) is 5.75 Å². The fraction of sp³-hybridized carbons (Fsp3) is 0.588. The van der Waals surface area contributed by atoms with Crippen LogP contribution in [-0.4, -0.2) is 26.2 Å². The van der Waals surface area contributed by atoms with E-state index in [1.807, 2.05) is 12.1 Å². The molecule has 1 rings (SSSR count). The Labute approximate surface area is 129 Å². The number of ether oxygens (including phenoxy) is 1. The number of nitrogens with zero attached hydrogens (tertiary/aromatic N) is 1. The lowest BCUT2D eigenvalue weighted by molar-refractivity contribution is 0.271. The van der Waals surface area contributed by atoms with Crippen LogP contribution < -0.4 is 15.4 Å². The number of rotatable bonds is 8. The van der Waals surface area contributed by atoms with Crippen molar-refractivity contribution >= 4 is 5.96 Å². The van der Waals surface area contributed by atoms with Gasteiger partial charge < -0.3 is 15.4 Å². The maximum atomic E-state index is 5.68. The molecular formula is C17H29N3O. The Morgan fingerprint density at radius 3 is 2.48 bits per heavy atom. The van der Waals surface area contributed by atoms with E-state index in [2.05, 4.69) is 48.5 Å². The van der Waals surface area contributed by atoms with Crippen LogP contribution in [0.15, 0.2) is 29.3 Å². The van der Waals surface area contributed by atoms with Gasteiger partial charge in [0.1, 0.15) is 5.75 Å². The molecule has 4 heteroatoms. The van der Waals surface area contributed by atoms with Crippen molar-refractivity contribution in [1.82, 2.24) is 10.6 Å². The van der Waals surface area contributed by atoms with Crippen molar-refractivity contribution in [2.45, 2.75) is 40.2 Å². The fourth-order valence-electron chi connectivity index (χ4n) is 1.76. The minimum absolute atomic E-state index is 0.545. The van der Waals surface area contributed by atoms with E-state index in [1.165, 1.54) is 12.0 Å². The largest absolute Gasteiger partial charge is 0.493 e. The van der Waals surface area contributed by atoms with Gasteiger partial charge in [-0.25, -0.2) is 0 Å². The number of benzene rings is 1. The van der Waals surface area contributed by atoms with Crippen molar-refractivity contribution < 1.29 is 4.74 Å². The number of guanidine groups is 1. The molecule has 0 aliphatic rings. The first kappa shape index (κ1) is 17.3. The number of aliphatic imine (C=N–C) groups is 1. The topological polar surface area (TPSA) is 45.7 Å². The standard InChI is InChI=1S/C17H29N3O/c1-5-6-11-19-17(18-4)20-12-15-7-9-16(10-8-15)21-13-14(2)3/h7-10,14H,5-6,11-13H2,1-4H3,(H2,18,19,20). The Kier molecular flexibility index (Phi) is 8.32. The summed E-state index contributed by atoms with van der Waals surface area (Å²) < 4.78 is 5.68. The van der Waals surface area contributed by atoms with Crippen LogP contribution in [0, 0.1) is 5.92 Å². The summed E-state index contributed by atoms with van der Waals surface area (Å²) in [5.74, 6) is 2.32. The van der Waals surface area contributed by atoms with Gasteiger partial charge in [-0.1, -0.05) is 39.3 Å². The second-order valence-corrected chi connectivity index (χ2v) is 5.55. The van der Waals surface area contributed by atoms with E-state index in [9.17, 15) is 0 Å². The molecule has 0 fully saturated rings. The van der Waals surface area contributed by atoms with Crippen molar-refractivity contribution in [1.29, 1.82) is 0 Å². The number of unbranched alkanes of at least 4 members (excludes halogenated alkanes) is 1. The van der Waals surface area contributed by atoms with Crippen LogP contribution in [-0.2, 0) is 6.54 Å². The van der Waals surface area contributed by atoms with Crippen LogP contribution in [0.3, 0.4) is 0 Å². The molecule has 1 aromatic rings. The molecule has 0 bridgehead atoms. The first-order chi connectivity index (χ1) is 10.2. The van der Waals surface area contributed by atoms with Gasteiger partial charge in [0.05, 0.1) is 6.61 Å². The fourth-order valence-corrected chi connectivity index (χ4v) is 1.76. The second kappa shape index (κ2) is 10.1. The maximum absolute atomic E-state index is 5.68. The van der Waals surface area contributed by atoms with Crippen molar-refractivity contribution in [3.63, 3.8) is 0 Å². The van der Waals surface area contributed by atoms with Crippen molar-refractivity contribution in [2.24, 2.45) is 10.9 Å². The van der Waals surface area contributed by atoms with Gasteiger partial charge in [0.15, 0.2) is 5.96 Å². The molecule has 0 amide bonds. The normalized spacial score (nSPS) is 11.6. The van der Waals surface area contributed by atoms with Crippen LogP contribution in [0.1, 0.15) is 39.2 Å². The third-order valence-electron chi connectivity index (χ3n) is 3.01. The Hall–Kier alpha value is -1.71. The zero-order valence-corrected chi connectivity index (χ0v) is 13.8. The van der Waals surface area contributed by atoms with Crippen LogP contribution in [0.4, 0.5) is 0 Å². The molecule has 0 aromatic heterocycles. The summed E-state index contributed by atoms with van der Waals surface area (Å²) >= 11 is 0. The summed E-state index contributed by atoms with van der Waals surface area (Å²) in [6.45, 7) is 8.95. The smallest absolute Gasteiger partial charge is 0.191 e. The van der Waals surface area contributed by atoms with Gasteiger partial charge in [-0.15, -0.1) is 0 Å². The summed E-state index contributed by atoms with van der Waals surface area (Å²) in [7, 11) is 1.80. The van der Waals surface area contributed by atoms with Gasteiger partial charge in [-0.2, -0.15) is 0 Å². The molecule has 0 saturated heterocycles. The molecule has 0 aliphatic heterocycles. The molecule has 21 heavy (non-hydrogen) atoms. The quantitative estimate of drug-likeness (QED) is 0.439. The third kappa shape index (κ3) is 7.59. The van der Waals surface area contributed by atoms with Crippen molar-refractivity contribution in [2.75, 3.05) is 20.2 Å². The molecule has 0 atom stereocenters. The first-order valence-corrected chi connectivity index (χ1v) is 7.82. The minimum atomic E-state index is 0.545. The molecule has 2 N–H and O–H groups in total. The third-order valence-corrected chi connectivity index (χ3v) is 3.01. The highest BCUT2D eigenvalue weighted by molar-refractivity contribution is 5.79. The van der Waals surface area contributed by atoms with E-state index in [0.29, 0.717) is 5.92 Å². The number of nitrogens with one attached hydrogen (secondary N) is 2. The van der Waals surface area contributed by atoms with Gasteiger partial charge in [-0.3, -0.25) is 4.99 Å². The van der Waals surface area contributed by atoms with E-state index in [-0.39, 0.29) is 0 Å². The lowest BCUT2D eigenvalue weighted by Crippen LogP contribution is -2.37. The van der Waals surface area contributed by atoms with Gasteiger partial charge in [0.2, 0.25) is 0 Å². The predicted molar refractivity (Wildman–Crippen MR) is 89.9 cm³/mol. The van der Waals surface area contributed by atoms with E-state index in [1.54, 1.807) is 7.05 Å². The summed E-state index contributed by atoms with van der Waals surface area (Å²) in [6, 6.07) is 8.21. The first-order valence-electron chi connectivity index (χ1n) is 7.82. The highest BCUT2D eigenvalue weighted by atomic mass is 16.5. The van der Waals surface area contributed by atoms with Gasteiger partial charge in [-0.05, 0) is 30.0 Å². The highest BCUT2D eigenvalue weighted by Crippen LogP contribution is 2.13. The number of hydrogen-bond donors (Lipinski definition) is 2. The number of hydrogen-bond acceptors (Lipinski definition) is 2. The average molecular weight is 291 g/mol. The van der Waals surface area contributed by atoms with Gasteiger partial charge in [0.25, 0.3) is 0 Å². The Morgan fingerprint density at radius 1 is 1.19 bits per heavy atom. The molecular weight excluding hydrogens is 262 g/mol. The lowest BCUT2D eigenvalue weighted by atomic mass is 10.2. The molecule has 4 nitrogen and oxygen atoms in total. The van der Waals surface area contributed by atoms with E-state index >= 15 is 0 Å². The molecule has 0 heterocycles. The molecule has 0 unspecified atom stereocenters. The Balaban J connectivity index is 2.37. The second-order valence-electron chi connectivity index (χ2n) is 5.55. The SMILES string of the molecule is CCCCNC(=NC)NCc1ccc(OCC(C)C)cc1. The molecule has 0 radical (unpaired) electrons. The summed E-state index contributed by atoms with van der Waals surface area (Å²) in [5, 5.41) is 6.61. The van der Waals surface area contributed by atoms with E-state index < -0.39 is 0 Å². The van der Waals surface area contributed by atoms with Crippen LogP contribution in [0.5, 0.6) is 5.75 Å². The van der Waals surface area contributed by atoms with Crippen LogP contribution >= 0.6 is 0 Å². The highest BCUT2D eigenvalue weighted by Gasteiger charge is 2.00. The monoisotopic (exact) mass is 291 g/mol. The van der Waals surface area contributed by atoms with Crippen molar-refractivity contribution in [3.05, 3.63) is 29.8 Å². The lowest BCUT2D eigenvalue weighted by Gasteiger charge is -2.12. The van der Waals surface area contributed by atoms with Crippen LogP contribution in [0.2, 0.25) is 0 Å². The molecule has 0 spiro atoms. The average Bonchev–Trinajstić information content (AvgIpc) is 2.49. The maximum Gasteiger partial charge on any atom is 0.191 e. The van der Waals surface area contributed by atoms with Crippen LogP contribution in [0.25, 0.3) is 0 Å². The Morgan fingerprint density at radius 2 is 1.90 bits per heavy atom. The van der Waals surface area contributed by atoms with E-state index in [0.717, 1.165) is 37.8 Å². The molecule has 0 saturated carbocycles. The molecule has 1 aromatic carbocycles. The van der Waals surface area contributed by atoms with Gasteiger partial charge >= 0.3 is 0 Å². The van der Waals surface area contributed by atoms with E-state index in [4.69, 9.17) is 4.74 Å². The summed E-state index contributed by atoms with van der Waals surface area (Å²) in [5.41, 5.74) is 1.21. The molecule has 0 aliphatic carbocycles. The predicted octanol–water partition coefficient (Wildman–Crippen LogP) is 3.19. The molecule has 118 valence electrons. The minimum Gasteiger partial charge on any atom is -0.493 e. The summed E-state index contributed by atoms with van der Waals surface area (Å²) in [6.07, 6.45) is 2.34. The summed E-state index contributed by atoms with van der Waals surface area (Å²) in [4.78, 5) is 4.21. The zero-order valence-electron chi connectivity index (χ0n) is 13.8. The van der Waals surface area contributed by atoms with Gasteiger partial charge in [0, 0.05) is 20.1 Å².